The number of carbonyl (C=O) groups excluding carboxylic acids is 1. The lowest BCUT2D eigenvalue weighted by Crippen LogP contribution is -2.44. The van der Waals surface area contributed by atoms with Crippen molar-refractivity contribution in [3.8, 4) is 0 Å². The molecule has 4 rings (SSSR count). The van der Waals surface area contributed by atoms with Crippen LogP contribution < -0.4 is 4.90 Å². The minimum absolute atomic E-state index is 0.126. The van der Waals surface area contributed by atoms with E-state index in [4.69, 9.17) is 4.74 Å². The number of rotatable bonds is 5. The van der Waals surface area contributed by atoms with Gasteiger partial charge in [0.25, 0.3) is 0 Å². The summed E-state index contributed by atoms with van der Waals surface area (Å²) in [4.78, 5) is 15.2. The molecule has 30 heavy (non-hydrogen) atoms. The van der Waals surface area contributed by atoms with Gasteiger partial charge in [0.1, 0.15) is 6.61 Å². The van der Waals surface area contributed by atoms with E-state index < -0.39 is 0 Å². The summed E-state index contributed by atoms with van der Waals surface area (Å²) in [5.74, 6) is 0. The fraction of sp³-hybridized carbons (Fsp3) is 0.269. The molecule has 0 N–H and O–H groups in total. The van der Waals surface area contributed by atoms with Crippen LogP contribution in [0.5, 0.6) is 0 Å². The summed E-state index contributed by atoms with van der Waals surface area (Å²) in [5, 5.41) is 0. The molecule has 0 bridgehead atoms. The quantitative estimate of drug-likeness (QED) is 0.413. The molecule has 3 aromatic carbocycles. The van der Waals surface area contributed by atoms with E-state index in [9.17, 15) is 4.79 Å². The van der Waals surface area contributed by atoms with Crippen LogP contribution in [-0.2, 0) is 24.2 Å². The van der Waals surface area contributed by atoms with Gasteiger partial charge < -0.3 is 4.74 Å². The highest BCUT2D eigenvalue weighted by Crippen LogP contribution is 2.38. The summed E-state index contributed by atoms with van der Waals surface area (Å²) in [6.45, 7) is 2.35. The number of aryl methyl sites for hydroxylation is 3. The molecule has 0 radical (unpaired) electrons. The minimum atomic E-state index is -0.261. The Morgan fingerprint density at radius 2 is 1.70 bits per heavy atom. The van der Waals surface area contributed by atoms with Crippen molar-refractivity contribution >= 4 is 27.7 Å². The van der Waals surface area contributed by atoms with Crippen molar-refractivity contribution in [1.29, 1.82) is 0 Å². The molecule has 1 heterocycles. The van der Waals surface area contributed by atoms with Gasteiger partial charge in [-0.15, -0.1) is 0 Å². The highest BCUT2D eigenvalue weighted by Gasteiger charge is 2.33. The summed E-state index contributed by atoms with van der Waals surface area (Å²) in [6, 6.07) is 24.7. The van der Waals surface area contributed by atoms with Crippen molar-refractivity contribution < 1.29 is 9.53 Å². The maximum Gasteiger partial charge on any atom is 0.414 e. The zero-order valence-corrected chi connectivity index (χ0v) is 18.8. The maximum absolute atomic E-state index is 13.3. The van der Waals surface area contributed by atoms with Gasteiger partial charge in [-0.2, -0.15) is 0 Å². The van der Waals surface area contributed by atoms with E-state index in [-0.39, 0.29) is 18.7 Å². The van der Waals surface area contributed by atoms with Crippen molar-refractivity contribution in [3.05, 3.63) is 99.5 Å². The van der Waals surface area contributed by atoms with Gasteiger partial charge in [-0.3, -0.25) is 4.90 Å². The summed E-state index contributed by atoms with van der Waals surface area (Å²) >= 11 is 3.60. The van der Waals surface area contributed by atoms with Gasteiger partial charge in [0.2, 0.25) is 0 Å². The molecule has 1 unspecified atom stereocenters. The Bertz CT molecular complexity index is 1000. The number of hydrogen-bond donors (Lipinski definition) is 0. The Morgan fingerprint density at radius 3 is 2.40 bits per heavy atom. The third-order valence-electron chi connectivity index (χ3n) is 5.71. The van der Waals surface area contributed by atoms with Crippen molar-refractivity contribution in [3.63, 3.8) is 0 Å². The van der Waals surface area contributed by atoms with Gasteiger partial charge in [0, 0.05) is 10.5 Å². The maximum atomic E-state index is 13.3. The number of ether oxygens (including phenoxy) is 1. The molecule has 0 fully saturated rings. The van der Waals surface area contributed by atoms with Gasteiger partial charge in [0.15, 0.2) is 0 Å². The predicted molar refractivity (Wildman–Crippen MR) is 125 cm³/mol. The van der Waals surface area contributed by atoms with E-state index in [1.165, 1.54) is 11.1 Å². The lowest BCUT2D eigenvalue weighted by molar-refractivity contribution is 0.143. The molecule has 1 atom stereocenters. The molecule has 1 aliphatic rings. The number of anilines is 1. The van der Waals surface area contributed by atoms with E-state index in [0.717, 1.165) is 47.0 Å². The van der Waals surface area contributed by atoms with Crippen LogP contribution in [0.2, 0.25) is 0 Å². The highest BCUT2D eigenvalue weighted by molar-refractivity contribution is 9.10. The summed E-state index contributed by atoms with van der Waals surface area (Å²) in [7, 11) is 0. The van der Waals surface area contributed by atoms with Gasteiger partial charge in [-0.25, -0.2) is 4.79 Å². The molecule has 0 spiro atoms. The van der Waals surface area contributed by atoms with E-state index in [1.807, 2.05) is 41.3 Å². The average molecular weight is 464 g/mol. The Labute approximate surface area is 186 Å². The number of carbonyl (C=O) groups is 1. The Balaban J connectivity index is 1.58. The van der Waals surface area contributed by atoms with Crippen molar-refractivity contribution in [2.24, 2.45) is 0 Å². The van der Waals surface area contributed by atoms with E-state index in [1.54, 1.807) is 0 Å². The highest BCUT2D eigenvalue weighted by atomic mass is 79.9. The minimum Gasteiger partial charge on any atom is -0.444 e. The number of amides is 1. The lowest BCUT2D eigenvalue weighted by atomic mass is 9.90. The molecule has 3 nitrogen and oxygen atoms in total. The smallest absolute Gasteiger partial charge is 0.414 e. The van der Waals surface area contributed by atoms with E-state index in [2.05, 4.69) is 59.3 Å². The lowest BCUT2D eigenvalue weighted by Gasteiger charge is -2.38. The standard InChI is InChI=1S/C26H26BrNO2/c1-19-16-23(27)17-22-13-15-24(14-12-20-8-4-2-5-9-20)28(25(19)22)26(29)30-18-21-10-6-3-7-11-21/h2-11,16-17,24H,12-15,18H2,1H3. The van der Waals surface area contributed by atoms with Crippen molar-refractivity contribution in [1.82, 2.24) is 0 Å². The first-order valence-corrected chi connectivity index (χ1v) is 11.2. The van der Waals surface area contributed by atoms with Crippen LogP contribution in [0.4, 0.5) is 10.5 Å². The van der Waals surface area contributed by atoms with E-state index in [0.29, 0.717) is 0 Å². The summed E-state index contributed by atoms with van der Waals surface area (Å²) in [6.07, 6.45) is 3.51. The van der Waals surface area contributed by atoms with Crippen molar-refractivity contribution in [2.75, 3.05) is 4.90 Å². The molecule has 0 saturated carbocycles. The van der Waals surface area contributed by atoms with Crippen LogP contribution in [0, 0.1) is 6.92 Å². The Morgan fingerprint density at radius 1 is 1.03 bits per heavy atom. The zero-order chi connectivity index (χ0) is 20.9. The fourth-order valence-electron chi connectivity index (χ4n) is 4.25. The monoisotopic (exact) mass is 463 g/mol. The largest absolute Gasteiger partial charge is 0.444 e. The van der Waals surface area contributed by atoms with Gasteiger partial charge >= 0.3 is 6.09 Å². The Kier molecular flexibility index (Phi) is 6.53. The number of fused-ring (bicyclic) bond motifs is 1. The zero-order valence-electron chi connectivity index (χ0n) is 17.2. The molecule has 154 valence electrons. The second kappa shape index (κ2) is 9.48. The number of halogens is 1. The first kappa shape index (κ1) is 20.7. The van der Waals surface area contributed by atoms with Crippen molar-refractivity contribution in [2.45, 2.75) is 45.3 Å². The number of nitrogens with zero attached hydrogens (tertiary/aromatic N) is 1. The molecular weight excluding hydrogens is 438 g/mol. The molecule has 3 aromatic rings. The molecule has 0 aliphatic carbocycles. The summed E-state index contributed by atoms with van der Waals surface area (Å²) < 4.78 is 6.82. The first-order valence-electron chi connectivity index (χ1n) is 10.4. The normalized spacial score (nSPS) is 15.5. The van der Waals surface area contributed by atoms with Crippen LogP contribution in [0.25, 0.3) is 0 Å². The predicted octanol–water partition coefficient (Wildman–Crippen LogP) is 6.85. The van der Waals surface area contributed by atoms with Crippen LogP contribution in [0.1, 0.15) is 35.1 Å². The SMILES string of the molecule is Cc1cc(Br)cc2c1N(C(=O)OCc1ccccc1)C(CCc1ccccc1)CC2. The molecule has 1 aliphatic heterocycles. The topological polar surface area (TPSA) is 29.5 Å². The molecular formula is C26H26BrNO2. The fourth-order valence-corrected chi connectivity index (χ4v) is 4.87. The second-order valence-electron chi connectivity index (χ2n) is 7.86. The second-order valence-corrected chi connectivity index (χ2v) is 8.77. The number of hydrogen-bond acceptors (Lipinski definition) is 2. The van der Waals surface area contributed by atoms with Gasteiger partial charge in [-0.05, 0) is 67.0 Å². The van der Waals surface area contributed by atoms with Crippen LogP contribution in [0.3, 0.4) is 0 Å². The summed E-state index contributed by atoms with van der Waals surface area (Å²) in [5.41, 5.74) is 5.61. The van der Waals surface area contributed by atoms with Gasteiger partial charge in [0.05, 0.1) is 5.69 Å². The first-order chi connectivity index (χ1) is 14.6. The van der Waals surface area contributed by atoms with Gasteiger partial charge in [-0.1, -0.05) is 76.6 Å². The van der Waals surface area contributed by atoms with E-state index >= 15 is 0 Å². The molecule has 0 aromatic heterocycles. The molecule has 4 heteroatoms. The Hall–Kier alpha value is -2.59. The van der Waals surface area contributed by atoms with Crippen LogP contribution in [0.15, 0.2) is 77.3 Å². The van der Waals surface area contributed by atoms with Crippen LogP contribution in [-0.4, -0.2) is 12.1 Å². The molecule has 1 amide bonds. The third kappa shape index (κ3) is 4.76. The molecule has 0 saturated heterocycles. The number of benzene rings is 3. The van der Waals surface area contributed by atoms with Crippen LogP contribution >= 0.6 is 15.9 Å². The third-order valence-corrected chi connectivity index (χ3v) is 6.17. The average Bonchev–Trinajstić information content (AvgIpc) is 2.77.